The average Bonchev–Trinajstić information content (AvgIpc) is 3.47. The zero-order chi connectivity index (χ0) is 27.9. The van der Waals surface area contributed by atoms with Crippen LogP contribution in [0.2, 0.25) is 0 Å². The van der Waals surface area contributed by atoms with Crippen LogP contribution in [0.5, 0.6) is 5.75 Å². The highest BCUT2D eigenvalue weighted by Gasteiger charge is 2.23. The standard InChI is InChI=1S/C33H37N5O2S/c39-32(37-22-20-36(21-23-37)28-12-6-2-7-13-28)25-41-33-35-34-31(38(33)29-14-8-3-9-15-29)24-40-30-18-16-27(17-19-30)26-10-4-1-5-11-26/h2-3,6-9,12-19,26H,1,4-5,10-11,20-25H2. The van der Waals surface area contributed by atoms with Crippen LogP contribution in [0.3, 0.4) is 0 Å². The predicted octanol–water partition coefficient (Wildman–Crippen LogP) is 6.33. The highest BCUT2D eigenvalue weighted by Crippen LogP contribution is 2.33. The third kappa shape index (κ3) is 6.76. The Kier molecular flexibility index (Phi) is 8.86. The summed E-state index contributed by atoms with van der Waals surface area (Å²) in [6.07, 6.45) is 6.59. The van der Waals surface area contributed by atoms with E-state index >= 15 is 0 Å². The lowest BCUT2D eigenvalue weighted by molar-refractivity contribution is -0.128. The molecule has 2 heterocycles. The number of nitrogens with zero attached hydrogens (tertiary/aromatic N) is 5. The molecule has 3 aromatic carbocycles. The maximum Gasteiger partial charge on any atom is 0.233 e. The maximum atomic E-state index is 13.1. The number of benzene rings is 3. The zero-order valence-electron chi connectivity index (χ0n) is 23.4. The summed E-state index contributed by atoms with van der Waals surface area (Å²) >= 11 is 1.43. The van der Waals surface area contributed by atoms with Crippen LogP contribution in [0.15, 0.2) is 90.1 Å². The van der Waals surface area contributed by atoms with Crippen molar-refractivity contribution in [2.45, 2.75) is 49.8 Å². The van der Waals surface area contributed by atoms with Gasteiger partial charge in [0.25, 0.3) is 0 Å². The lowest BCUT2D eigenvalue weighted by Crippen LogP contribution is -2.49. The van der Waals surface area contributed by atoms with Crippen LogP contribution in [0.4, 0.5) is 5.69 Å². The van der Waals surface area contributed by atoms with Crippen molar-refractivity contribution < 1.29 is 9.53 Å². The van der Waals surface area contributed by atoms with Crippen molar-refractivity contribution >= 4 is 23.4 Å². The van der Waals surface area contributed by atoms with Gasteiger partial charge in [0.15, 0.2) is 11.0 Å². The molecular weight excluding hydrogens is 530 g/mol. The van der Waals surface area contributed by atoms with Gasteiger partial charge in [-0.3, -0.25) is 9.36 Å². The summed E-state index contributed by atoms with van der Waals surface area (Å²) in [7, 11) is 0. The molecular formula is C33H37N5O2S. The average molecular weight is 568 g/mol. The molecule has 1 aliphatic carbocycles. The molecule has 1 aromatic heterocycles. The minimum absolute atomic E-state index is 0.126. The van der Waals surface area contributed by atoms with Crippen LogP contribution in [0.1, 0.15) is 49.4 Å². The summed E-state index contributed by atoms with van der Waals surface area (Å²) in [5, 5.41) is 9.63. The van der Waals surface area contributed by atoms with Gasteiger partial charge in [0, 0.05) is 37.6 Å². The number of ether oxygens (including phenoxy) is 1. The number of thioether (sulfide) groups is 1. The summed E-state index contributed by atoms with van der Waals surface area (Å²) in [6.45, 7) is 3.41. The van der Waals surface area contributed by atoms with Crippen molar-refractivity contribution in [3.63, 3.8) is 0 Å². The second kappa shape index (κ2) is 13.3. The molecule has 1 saturated heterocycles. The minimum Gasteiger partial charge on any atom is -0.486 e. The van der Waals surface area contributed by atoms with Gasteiger partial charge >= 0.3 is 0 Å². The van der Waals surface area contributed by atoms with Crippen molar-refractivity contribution in [1.29, 1.82) is 0 Å². The van der Waals surface area contributed by atoms with Gasteiger partial charge in [-0.25, -0.2) is 0 Å². The molecule has 41 heavy (non-hydrogen) atoms. The van der Waals surface area contributed by atoms with E-state index in [0.717, 1.165) is 37.6 Å². The van der Waals surface area contributed by atoms with E-state index in [2.05, 4.69) is 63.6 Å². The third-order valence-electron chi connectivity index (χ3n) is 8.12. The van der Waals surface area contributed by atoms with E-state index in [1.807, 2.05) is 45.9 Å². The quantitative estimate of drug-likeness (QED) is 0.220. The summed E-state index contributed by atoms with van der Waals surface area (Å²) in [5.41, 5.74) is 3.57. The third-order valence-corrected chi connectivity index (χ3v) is 9.03. The van der Waals surface area contributed by atoms with E-state index in [9.17, 15) is 4.79 Å². The largest absolute Gasteiger partial charge is 0.486 e. The first-order chi connectivity index (χ1) is 20.2. The molecule has 0 N–H and O–H groups in total. The van der Waals surface area contributed by atoms with Gasteiger partial charge in [-0.15, -0.1) is 10.2 Å². The lowest BCUT2D eigenvalue weighted by atomic mass is 9.84. The van der Waals surface area contributed by atoms with Crippen molar-refractivity contribution in [1.82, 2.24) is 19.7 Å². The topological polar surface area (TPSA) is 63.5 Å². The Morgan fingerprint density at radius 3 is 2.12 bits per heavy atom. The number of anilines is 1. The van der Waals surface area contributed by atoms with Crippen LogP contribution in [-0.2, 0) is 11.4 Å². The van der Waals surface area contributed by atoms with Gasteiger partial charge in [0.1, 0.15) is 12.4 Å². The molecule has 2 fully saturated rings. The molecule has 0 unspecified atom stereocenters. The van der Waals surface area contributed by atoms with Crippen LogP contribution in [-0.4, -0.2) is 57.5 Å². The van der Waals surface area contributed by atoms with Crippen molar-refractivity contribution in [3.05, 3.63) is 96.3 Å². The van der Waals surface area contributed by atoms with E-state index in [4.69, 9.17) is 4.74 Å². The van der Waals surface area contributed by atoms with Crippen LogP contribution < -0.4 is 9.64 Å². The number of para-hydroxylation sites is 2. The molecule has 2 aliphatic rings. The zero-order valence-corrected chi connectivity index (χ0v) is 24.2. The van der Waals surface area contributed by atoms with Gasteiger partial charge in [0.05, 0.1) is 5.75 Å². The Morgan fingerprint density at radius 1 is 0.780 bits per heavy atom. The Labute approximate surface area is 246 Å². The summed E-state index contributed by atoms with van der Waals surface area (Å²) < 4.78 is 8.17. The number of hydrogen-bond acceptors (Lipinski definition) is 6. The summed E-state index contributed by atoms with van der Waals surface area (Å²) in [6, 6.07) is 29.0. The van der Waals surface area contributed by atoms with Gasteiger partial charge in [-0.05, 0) is 60.7 Å². The van der Waals surface area contributed by atoms with E-state index in [0.29, 0.717) is 29.3 Å². The minimum atomic E-state index is 0.126. The molecule has 8 heteroatoms. The highest BCUT2D eigenvalue weighted by molar-refractivity contribution is 7.99. The van der Waals surface area contributed by atoms with E-state index in [1.165, 1.54) is 55.1 Å². The molecule has 0 spiro atoms. The first-order valence-corrected chi connectivity index (χ1v) is 15.7. The van der Waals surface area contributed by atoms with Gasteiger partial charge in [-0.2, -0.15) is 0 Å². The predicted molar refractivity (Wildman–Crippen MR) is 164 cm³/mol. The van der Waals surface area contributed by atoms with Crippen LogP contribution in [0.25, 0.3) is 5.69 Å². The number of carbonyl (C=O) groups excluding carboxylic acids is 1. The second-order valence-corrected chi connectivity index (χ2v) is 11.7. The monoisotopic (exact) mass is 567 g/mol. The molecule has 212 valence electrons. The van der Waals surface area contributed by atoms with E-state index in [-0.39, 0.29) is 5.91 Å². The molecule has 0 bridgehead atoms. The first kappa shape index (κ1) is 27.4. The fourth-order valence-electron chi connectivity index (χ4n) is 5.81. The number of carbonyl (C=O) groups is 1. The molecule has 7 nitrogen and oxygen atoms in total. The summed E-state index contributed by atoms with van der Waals surface area (Å²) in [4.78, 5) is 17.4. The molecule has 1 aliphatic heterocycles. The fraction of sp³-hybridized carbons (Fsp3) is 0.364. The SMILES string of the molecule is O=C(CSc1nnc(COc2ccc(C3CCCCC3)cc2)n1-c1ccccc1)N1CCN(c2ccccc2)CC1. The van der Waals surface area contributed by atoms with E-state index in [1.54, 1.807) is 0 Å². The first-order valence-electron chi connectivity index (χ1n) is 14.7. The molecule has 4 aromatic rings. The van der Waals surface area contributed by atoms with Crippen molar-refractivity contribution in [2.75, 3.05) is 36.8 Å². The second-order valence-electron chi connectivity index (χ2n) is 10.8. The van der Waals surface area contributed by atoms with Crippen LogP contribution in [0, 0.1) is 0 Å². The van der Waals surface area contributed by atoms with Gasteiger partial charge in [-0.1, -0.05) is 79.6 Å². The Balaban J connectivity index is 1.08. The smallest absolute Gasteiger partial charge is 0.233 e. The molecule has 0 radical (unpaired) electrons. The Hall–Kier alpha value is -3.78. The number of hydrogen-bond donors (Lipinski definition) is 0. The molecule has 1 saturated carbocycles. The van der Waals surface area contributed by atoms with Gasteiger partial charge < -0.3 is 14.5 Å². The number of rotatable bonds is 9. The van der Waals surface area contributed by atoms with Crippen molar-refractivity contribution in [3.8, 4) is 11.4 Å². The Morgan fingerprint density at radius 2 is 1.44 bits per heavy atom. The molecule has 0 atom stereocenters. The van der Waals surface area contributed by atoms with E-state index < -0.39 is 0 Å². The molecule has 6 rings (SSSR count). The summed E-state index contributed by atoms with van der Waals surface area (Å²) in [5.74, 6) is 2.65. The lowest BCUT2D eigenvalue weighted by Gasteiger charge is -2.36. The number of aromatic nitrogens is 3. The fourth-order valence-corrected chi connectivity index (χ4v) is 6.69. The highest BCUT2D eigenvalue weighted by atomic mass is 32.2. The van der Waals surface area contributed by atoms with Gasteiger partial charge in [0.2, 0.25) is 5.91 Å². The van der Waals surface area contributed by atoms with Crippen LogP contribution >= 0.6 is 11.8 Å². The number of piperazine rings is 1. The maximum absolute atomic E-state index is 13.1. The normalized spacial score (nSPS) is 16.1. The Bertz CT molecular complexity index is 1400. The van der Waals surface area contributed by atoms with Crippen molar-refractivity contribution in [2.24, 2.45) is 0 Å². The molecule has 1 amide bonds. The number of amides is 1.